The molecule has 0 saturated carbocycles. The Kier molecular flexibility index (Phi) is 3.97. The van der Waals surface area contributed by atoms with Crippen LogP contribution in [0.4, 0.5) is 0 Å². The van der Waals surface area contributed by atoms with Gasteiger partial charge < -0.3 is 14.4 Å². The van der Waals surface area contributed by atoms with Gasteiger partial charge >= 0.3 is 0 Å². The van der Waals surface area contributed by atoms with E-state index in [0.29, 0.717) is 34.2 Å². The van der Waals surface area contributed by atoms with Crippen molar-refractivity contribution in [1.82, 2.24) is 29.9 Å². The molecular formula is C24H16N6O2. The smallest absolute Gasteiger partial charge is 0.220 e. The number of benzene rings is 1. The third-order valence-electron chi connectivity index (χ3n) is 5.31. The third kappa shape index (κ3) is 2.89. The molecule has 0 unspecified atom stereocenters. The molecule has 32 heavy (non-hydrogen) atoms. The summed E-state index contributed by atoms with van der Waals surface area (Å²) in [6, 6.07) is 13.4. The summed E-state index contributed by atoms with van der Waals surface area (Å²) in [4.78, 5) is 37.4. The fraction of sp³-hybridized carbons (Fsp3) is 0.0417. The molecule has 0 spiro atoms. The fourth-order valence-corrected chi connectivity index (χ4v) is 3.77. The van der Waals surface area contributed by atoms with E-state index in [0.717, 1.165) is 22.2 Å². The van der Waals surface area contributed by atoms with Crippen LogP contribution in [-0.4, -0.2) is 29.9 Å². The highest BCUT2D eigenvalue weighted by Crippen LogP contribution is 2.32. The average molecular weight is 420 g/mol. The summed E-state index contributed by atoms with van der Waals surface area (Å²) >= 11 is 0. The number of aryl methyl sites for hydroxylation is 1. The van der Waals surface area contributed by atoms with Gasteiger partial charge in [0, 0.05) is 35.7 Å². The first-order chi connectivity index (χ1) is 15.7. The lowest BCUT2D eigenvalue weighted by molar-refractivity contribution is 0.546. The first-order valence-electron chi connectivity index (χ1n) is 10.0. The Labute approximate surface area is 181 Å². The second-order valence-electron chi connectivity index (χ2n) is 7.41. The highest BCUT2D eigenvalue weighted by Gasteiger charge is 2.19. The SMILES string of the molecule is Cc1ccc(-c2nc3[nH]cc(-c4ncc[nH]4)c(=O)c3nc2-c2ccc3ncccc3c2)o1. The Balaban J connectivity index is 1.66. The summed E-state index contributed by atoms with van der Waals surface area (Å²) in [6.07, 6.45) is 6.62. The van der Waals surface area contributed by atoms with E-state index in [1.165, 1.54) is 0 Å². The fourth-order valence-electron chi connectivity index (χ4n) is 3.77. The molecule has 8 nitrogen and oxygen atoms in total. The maximum absolute atomic E-state index is 13.3. The molecule has 0 radical (unpaired) electrons. The largest absolute Gasteiger partial charge is 0.460 e. The van der Waals surface area contributed by atoms with E-state index in [1.807, 2.05) is 49.4 Å². The van der Waals surface area contributed by atoms with Gasteiger partial charge in [0.15, 0.2) is 16.9 Å². The number of H-pyrrole nitrogens is 2. The maximum atomic E-state index is 13.3. The van der Waals surface area contributed by atoms with Crippen molar-refractivity contribution >= 4 is 22.1 Å². The average Bonchev–Trinajstić information content (AvgIpc) is 3.50. The molecule has 154 valence electrons. The van der Waals surface area contributed by atoms with Gasteiger partial charge in [-0.3, -0.25) is 9.78 Å². The Morgan fingerprint density at radius 1 is 0.938 bits per heavy atom. The Morgan fingerprint density at radius 2 is 1.88 bits per heavy atom. The van der Waals surface area contributed by atoms with Crippen molar-refractivity contribution in [2.75, 3.05) is 0 Å². The van der Waals surface area contributed by atoms with Crippen molar-refractivity contribution in [3.05, 3.63) is 83.2 Å². The van der Waals surface area contributed by atoms with Crippen LogP contribution in [0.1, 0.15) is 5.76 Å². The molecule has 0 saturated heterocycles. The summed E-state index contributed by atoms with van der Waals surface area (Å²) in [5, 5.41) is 0.965. The molecule has 6 rings (SSSR count). The normalized spacial score (nSPS) is 11.4. The second kappa shape index (κ2) is 6.98. The number of pyridine rings is 2. The van der Waals surface area contributed by atoms with Gasteiger partial charge in [-0.05, 0) is 37.3 Å². The highest BCUT2D eigenvalue weighted by molar-refractivity contribution is 5.89. The van der Waals surface area contributed by atoms with E-state index in [9.17, 15) is 4.79 Å². The second-order valence-corrected chi connectivity index (χ2v) is 7.41. The van der Waals surface area contributed by atoms with Crippen LogP contribution in [0.3, 0.4) is 0 Å². The van der Waals surface area contributed by atoms with Gasteiger partial charge in [-0.25, -0.2) is 15.0 Å². The summed E-state index contributed by atoms with van der Waals surface area (Å²) in [5.74, 6) is 1.81. The van der Waals surface area contributed by atoms with Gasteiger partial charge in [0.2, 0.25) is 5.43 Å². The monoisotopic (exact) mass is 420 g/mol. The molecule has 5 heterocycles. The number of furan rings is 1. The van der Waals surface area contributed by atoms with Crippen LogP contribution in [0, 0.1) is 6.92 Å². The molecule has 0 aliphatic rings. The molecule has 8 heteroatoms. The van der Waals surface area contributed by atoms with E-state index >= 15 is 0 Å². The van der Waals surface area contributed by atoms with E-state index in [1.54, 1.807) is 24.8 Å². The van der Waals surface area contributed by atoms with Crippen LogP contribution in [-0.2, 0) is 0 Å². The zero-order valence-electron chi connectivity index (χ0n) is 17.0. The highest BCUT2D eigenvalue weighted by atomic mass is 16.3. The molecule has 2 N–H and O–H groups in total. The van der Waals surface area contributed by atoms with Crippen molar-refractivity contribution in [2.24, 2.45) is 0 Å². The van der Waals surface area contributed by atoms with Crippen LogP contribution in [0.2, 0.25) is 0 Å². The van der Waals surface area contributed by atoms with Crippen LogP contribution >= 0.6 is 0 Å². The van der Waals surface area contributed by atoms with Crippen molar-refractivity contribution in [3.63, 3.8) is 0 Å². The van der Waals surface area contributed by atoms with Crippen molar-refractivity contribution in [3.8, 4) is 34.1 Å². The summed E-state index contributed by atoms with van der Waals surface area (Å²) in [5.41, 5.74) is 3.53. The molecular weight excluding hydrogens is 404 g/mol. The van der Waals surface area contributed by atoms with Crippen molar-refractivity contribution in [1.29, 1.82) is 0 Å². The van der Waals surface area contributed by atoms with Gasteiger partial charge in [0.05, 0.1) is 11.1 Å². The molecule has 0 aliphatic carbocycles. The number of nitrogens with zero attached hydrogens (tertiary/aromatic N) is 4. The Morgan fingerprint density at radius 3 is 2.69 bits per heavy atom. The Hall–Kier alpha value is -4.59. The predicted molar refractivity (Wildman–Crippen MR) is 121 cm³/mol. The molecule has 5 aromatic heterocycles. The van der Waals surface area contributed by atoms with Gasteiger partial charge in [-0.15, -0.1) is 0 Å². The molecule has 6 aromatic rings. The van der Waals surface area contributed by atoms with E-state index in [4.69, 9.17) is 14.4 Å². The lowest BCUT2D eigenvalue weighted by Crippen LogP contribution is -2.11. The zero-order chi connectivity index (χ0) is 21.7. The van der Waals surface area contributed by atoms with E-state index < -0.39 is 0 Å². The molecule has 0 amide bonds. The third-order valence-corrected chi connectivity index (χ3v) is 5.31. The van der Waals surface area contributed by atoms with Gasteiger partial charge in [-0.1, -0.05) is 12.1 Å². The summed E-state index contributed by atoms with van der Waals surface area (Å²) in [7, 11) is 0. The molecule has 0 fully saturated rings. The quantitative estimate of drug-likeness (QED) is 0.436. The maximum Gasteiger partial charge on any atom is 0.220 e. The van der Waals surface area contributed by atoms with Crippen molar-refractivity contribution in [2.45, 2.75) is 6.92 Å². The number of aromatic nitrogens is 6. The number of hydrogen-bond donors (Lipinski definition) is 2. The number of hydrogen-bond acceptors (Lipinski definition) is 6. The van der Waals surface area contributed by atoms with Crippen LogP contribution in [0.5, 0.6) is 0 Å². The number of fused-ring (bicyclic) bond motifs is 2. The first-order valence-corrected chi connectivity index (χ1v) is 10.0. The summed E-state index contributed by atoms with van der Waals surface area (Å²) < 4.78 is 5.86. The lowest BCUT2D eigenvalue weighted by atomic mass is 10.0. The number of nitrogens with one attached hydrogen (secondary N) is 2. The lowest BCUT2D eigenvalue weighted by Gasteiger charge is -2.10. The van der Waals surface area contributed by atoms with Crippen LogP contribution < -0.4 is 5.43 Å². The molecule has 0 aliphatic heterocycles. The Bertz CT molecular complexity index is 1660. The van der Waals surface area contributed by atoms with Crippen molar-refractivity contribution < 1.29 is 4.42 Å². The minimum Gasteiger partial charge on any atom is -0.460 e. The van der Waals surface area contributed by atoms with Gasteiger partial charge in [0.1, 0.15) is 23.0 Å². The zero-order valence-corrected chi connectivity index (χ0v) is 17.0. The van der Waals surface area contributed by atoms with Crippen LogP contribution in [0.25, 0.3) is 56.2 Å². The standard InChI is InChI=1S/C24H16N6O2/c1-13-4-7-18(32-13)20-19(15-5-6-17-14(11-15)3-2-8-25-17)29-21-22(31)16(12-28-24(21)30-20)23-26-9-10-27-23/h2-12H,1H3,(H,26,27)(H,28,30,31). The van der Waals surface area contributed by atoms with E-state index in [-0.39, 0.29) is 10.9 Å². The number of aromatic amines is 2. The molecule has 0 bridgehead atoms. The van der Waals surface area contributed by atoms with Gasteiger partial charge in [0.25, 0.3) is 0 Å². The predicted octanol–water partition coefficient (Wildman–Crippen LogP) is 4.49. The molecule has 0 atom stereocenters. The summed E-state index contributed by atoms with van der Waals surface area (Å²) in [6.45, 7) is 1.87. The van der Waals surface area contributed by atoms with Crippen LogP contribution in [0.15, 0.2) is 76.5 Å². The number of rotatable bonds is 3. The van der Waals surface area contributed by atoms with Gasteiger partial charge in [-0.2, -0.15) is 0 Å². The minimum absolute atomic E-state index is 0.229. The first kappa shape index (κ1) is 18.2. The minimum atomic E-state index is -0.257. The van der Waals surface area contributed by atoms with E-state index in [2.05, 4.69) is 19.9 Å². The molecule has 1 aromatic carbocycles. The number of imidazole rings is 1. The topological polar surface area (TPSA) is 113 Å².